The maximum atomic E-state index is 13.1. The topological polar surface area (TPSA) is 96.3 Å². The number of hydrogen-bond acceptors (Lipinski definition) is 6. The number of amides is 1. The van der Waals surface area contributed by atoms with Crippen molar-refractivity contribution < 1.29 is 29.3 Å². The minimum atomic E-state index is -0.791. The molecule has 2 N–H and O–H groups in total. The van der Waals surface area contributed by atoms with Crippen LogP contribution in [0.4, 0.5) is 0 Å². The molecule has 1 aliphatic rings. The summed E-state index contributed by atoms with van der Waals surface area (Å²) in [6.07, 6.45) is 0.452. The Bertz CT molecular complexity index is 1230. The number of ketones is 1. The van der Waals surface area contributed by atoms with Crippen molar-refractivity contribution in [3.8, 4) is 17.2 Å². The van der Waals surface area contributed by atoms with Crippen LogP contribution in [-0.2, 0) is 16.0 Å². The first-order valence-electron chi connectivity index (χ1n) is 10.8. The van der Waals surface area contributed by atoms with E-state index in [1.165, 1.54) is 17.0 Å². The van der Waals surface area contributed by atoms with Gasteiger partial charge in [-0.15, -0.1) is 0 Å². The number of hydrogen-bond donors (Lipinski definition) is 2. The van der Waals surface area contributed by atoms with Gasteiger partial charge < -0.3 is 24.6 Å². The molecule has 7 nitrogen and oxygen atoms in total. The summed E-state index contributed by atoms with van der Waals surface area (Å²) in [4.78, 5) is 27.6. The molecule has 1 amide bonds. The van der Waals surface area contributed by atoms with E-state index in [2.05, 4.69) is 0 Å². The molecule has 174 valence electrons. The number of phenolic OH excluding ortho intramolecular Hbond substituents is 1. The van der Waals surface area contributed by atoms with Crippen LogP contribution >= 0.6 is 0 Å². The molecule has 1 heterocycles. The van der Waals surface area contributed by atoms with Crippen molar-refractivity contribution in [2.24, 2.45) is 0 Å². The molecule has 1 saturated heterocycles. The molecule has 7 heteroatoms. The summed E-state index contributed by atoms with van der Waals surface area (Å²) < 4.78 is 10.6. The number of methoxy groups -OCH3 is 2. The zero-order valence-corrected chi connectivity index (χ0v) is 18.9. The number of carbonyl (C=O) groups is 2. The van der Waals surface area contributed by atoms with Crippen LogP contribution in [-0.4, -0.2) is 47.6 Å². The van der Waals surface area contributed by atoms with Crippen molar-refractivity contribution in [1.29, 1.82) is 0 Å². The molecule has 0 bridgehead atoms. The lowest BCUT2D eigenvalue weighted by atomic mass is 9.95. The van der Waals surface area contributed by atoms with Crippen molar-refractivity contribution in [2.45, 2.75) is 12.5 Å². The smallest absolute Gasteiger partial charge is 0.295 e. The number of phenols is 1. The maximum absolute atomic E-state index is 13.1. The van der Waals surface area contributed by atoms with Gasteiger partial charge >= 0.3 is 0 Å². The minimum absolute atomic E-state index is 0.0224. The molecule has 34 heavy (non-hydrogen) atoms. The average Bonchev–Trinajstić information content (AvgIpc) is 3.12. The number of Topliss-reactive ketones (excluding diaryl/α,β-unsaturated/α-hetero) is 1. The second-order valence-electron chi connectivity index (χ2n) is 7.89. The lowest BCUT2D eigenvalue weighted by molar-refractivity contribution is -0.139. The van der Waals surface area contributed by atoms with Gasteiger partial charge in [0.15, 0.2) is 11.5 Å². The van der Waals surface area contributed by atoms with E-state index in [4.69, 9.17) is 9.47 Å². The standard InChI is InChI=1S/C27H25NO6/c1-33-21-13-8-17(16-22(21)34-2)14-15-28-24(18-9-11-20(29)12-10-18)23(26(31)27(28)32)25(30)19-6-4-3-5-7-19/h3-13,16,24,29-30H,14-15H2,1-2H3/b25-23-. The monoisotopic (exact) mass is 459 g/mol. The van der Waals surface area contributed by atoms with Crippen LogP contribution in [0.3, 0.4) is 0 Å². The molecule has 1 aliphatic heterocycles. The van der Waals surface area contributed by atoms with Crippen molar-refractivity contribution in [1.82, 2.24) is 4.90 Å². The molecule has 0 spiro atoms. The van der Waals surface area contributed by atoms with Gasteiger partial charge in [-0.3, -0.25) is 9.59 Å². The van der Waals surface area contributed by atoms with E-state index in [0.29, 0.717) is 29.0 Å². The SMILES string of the molecule is COc1ccc(CCN2C(=O)C(=O)/C(=C(\O)c3ccccc3)C2c2ccc(O)cc2)cc1OC. The van der Waals surface area contributed by atoms with Crippen molar-refractivity contribution >= 4 is 17.4 Å². The molecule has 1 unspecified atom stereocenters. The third-order valence-electron chi connectivity index (χ3n) is 5.89. The average molecular weight is 459 g/mol. The van der Waals surface area contributed by atoms with Crippen LogP contribution in [0.2, 0.25) is 0 Å². The first-order chi connectivity index (χ1) is 16.4. The molecule has 4 rings (SSSR count). The molecule has 3 aromatic carbocycles. The first-order valence-corrected chi connectivity index (χ1v) is 10.8. The summed E-state index contributed by atoms with van der Waals surface area (Å²) in [7, 11) is 3.11. The van der Waals surface area contributed by atoms with E-state index >= 15 is 0 Å². The quantitative estimate of drug-likeness (QED) is 0.314. The summed E-state index contributed by atoms with van der Waals surface area (Å²) >= 11 is 0. The Kier molecular flexibility index (Phi) is 6.54. The molecule has 0 radical (unpaired) electrons. The van der Waals surface area contributed by atoms with Crippen LogP contribution in [0.25, 0.3) is 5.76 Å². The highest BCUT2D eigenvalue weighted by Crippen LogP contribution is 2.40. The molecule has 0 aromatic heterocycles. The lowest BCUT2D eigenvalue weighted by Gasteiger charge is -2.25. The fraction of sp³-hybridized carbons (Fsp3) is 0.185. The highest BCUT2D eigenvalue weighted by atomic mass is 16.5. The van der Waals surface area contributed by atoms with Crippen molar-refractivity contribution in [3.63, 3.8) is 0 Å². The Morgan fingerprint density at radius 3 is 2.24 bits per heavy atom. The van der Waals surface area contributed by atoms with E-state index in [1.54, 1.807) is 62.8 Å². The fourth-order valence-electron chi connectivity index (χ4n) is 4.15. The van der Waals surface area contributed by atoms with Gasteiger partial charge in [0.2, 0.25) is 0 Å². The number of aliphatic hydroxyl groups is 1. The van der Waals surface area contributed by atoms with E-state index in [0.717, 1.165) is 5.56 Å². The van der Waals surface area contributed by atoms with E-state index in [-0.39, 0.29) is 23.6 Å². The number of nitrogens with zero attached hydrogens (tertiary/aromatic N) is 1. The van der Waals surface area contributed by atoms with Crippen LogP contribution in [0.5, 0.6) is 17.2 Å². The third-order valence-corrected chi connectivity index (χ3v) is 5.89. The van der Waals surface area contributed by atoms with Gasteiger partial charge in [-0.1, -0.05) is 48.5 Å². The minimum Gasteiger partial charge on any atom is -0.508 e. The van der Waals surface area contributed by atoms with Gasteiger partial charge in [0, 0.05) is 12.1 Å². The molecule has 1 atom stereocenters. The second-order valence-corrected chi connectivity index (χ2v) is 7.89. The highest BCUT2D eigenvalue weighted by molar-refractivity contribution is 6.46. The summed E-state index contributed by atoms with van der Waals surface area (Å²) in [5, 5.41) is 20.8. The Morgan fingerprint density at radius 1 is 0.912 bits per heavy atom. The van der Waals surface area contributed by atoms with E-state index in [1.807, 2.05) is 12.1 Å². The molecular weight excluding hydrogens is 434 g/mol. The molecular formula is C27H25NO6. The zero-order valence-electron chi connectivity index (χ0n) is 18.9. The lowest BCUT2D eigenvalue weighted by Crippen LogP contribution is -2.31. The van der Waals surface area contributed by atoms with Gasteiger partial charge in [-0.25, -0.2) is 0 Å². The Labute approximate surface area is 197 Å². The van der Waals surface area contributed by atoms with Gasteiger partial charge in [-0.2, -0.15) is 0 Å². The van der Waals surface area contributed by atoms with E-state index in [9.17, 15) is 19.8 Å². The summed E-state index contributed by atoms with van der Waals surface area (Å²) in [6.45, 7) is 0.233. The summed E-state index contributed by atoms with van der Waals surface area (Å²) in [5.41, 5.74) is 1.98. The van der Waals surface area contributed by atoms with Crippen molar-refractivity contribution in [2.75, 3.05) is 20.8 Å². The third kappa shape index (κ3) is 4.32. The molecule has 1 fully saturated rings. The first kappa shape index (κ1) is 22.9. The van der Waals surface area contributed by atoms with Gasteiger partial charge in [-0.05, 0) is 41.8 Å². The highest BCUT2D eigenvalue weighted by Gasteiger charge is 2.45. The Hall–Kier alpha value is -4.26. The predicted octanol–water partition coefficient (Wildman–Crippen LogP) is 4.07. The molecule has 0 saturated carbocycles. The number of rotatable bonds is 7. The van der Waals surface area contributed by atoms with Crippen LogP contribution in [0.1, 0.15) is 22.7 Å². The molecule has 0 aliphatic carbocycles. The van der Waals surface area contributed by atoms with Gasteiger partial charge in [0.05, 0.1) is 25.8 Å². The fourth-order valence-corrected chi connectivity index (χ4v) is 4.15. The number of benzene rings is 3. The summed E-state index contributed by atoms with van der Waals surface area (Å²) in [5.74, 6) is -0.428. The van der Waals surface area contributed by atoms with E-state index < -0.39 is 17.7 Å². The number of likely N-dealkylation sites (tertiary alicyclic amines) is 1. The summed E-state index contributed by atoms with van der Waals surface area (Å²) in [6, 6.07) is 19.6. The predicted molar refractivity (Wildman–Crippen MR) is 127 cm³/mol. The van der Waals surface area contributed by atoms with Crippen molar-refractivity contribution in [3.05, 3.63) is 95.1 Å². The Balaban J connectivity index is 1.73. The zero-order chi connectivity index (χ0) is 24.2. The number of aromatic hydroxyl groups is 1. The largest absolute Gasteiger partial charge is 0.508 e. The molecule has 3 aromatic rings. The van der Waals surface area contributed by atoms with Crippen LogP contribution in [0.15, 0.2) is 78.4 Å². The van der Waals surface area contributed by atoms with Crippen LogP contribution in [0, 0.1) is 0 Å². The number of carbonyl (C=O) groups excluding carboxylic acids is 2. The van der Waals surface area contributed by atoms with Gasteiger partial charge in [0.25, 0.3) is 11.7 Å². The second kappa shape index (κ2) is 9.70. The number of aliphatic hydroxyl groups excluding tert-OH is 1. The van der Waals surface area contributed by atoms with Crippen LogP contribution < -0.4 is 9.47 Å². The number of ether oxygens (including phenoxy) is 2. The maximum Gasteiger partial charge on any atom is 0.295 e. The Morgan fingerprint density at radius 2 is 1.59 bits per heavy atom. The van der Waals surface area contributed by atoms with Gasteiger partial charge in [0.1, 0.15) is 11.5 Å². The normalized spacial score (nSPS) is 17.1.